The predicted octanol–water partition coefficient (Wildman–Crippen LogP) is 1.71. The Bertz CT molecular complexity index is 15.0. The van der Waals surface area contributed by atoms with Crippen molar-refractivity contribution in [3.8, 4) is 0 Å². The van der Waals surface area contributed by atoms with Crippen molar-refractivity contribution in [2.45, 2.75) is 19.8 Å². The summed E-state index contributed by atoms with van der Waals surface area (Å²) in [5, 5.41) is 0. The molecule has 6 heavy (non-hydrogen) atoms. The zero-order valence-electron chi connectivity index (χ0n) is 3.87. The van der Waals surface area contributed by atoms with Crippen LogP contribution in [-0.4, -0.2) is 5.75 Å². The van der Waals surface area contributed by atoms with Gasteiger partial charge in [0.05, 0.1) is 0 Å². The molecule has 0 saturated heterocycles. The summed E-state index contributed by atoms with van der Waals surface area (Å²) in [7, 11) is 0. The van der Waals surface area contributed by atoms with E-state index in [2.05, 4.69) is 19.6 Å². The smallest absolute Gasteiger partial charge is 0 e. The molecule has 0 unspecified atom stereocenters. The van der Waals surface area contributed by atoms with Crippen LogP contribution < -0.4 is 0 Å². The van der Waals surface area contributed by atoms with Crippen molar-refractivity contribution >= 4 is 12.6 Å². The number of hydrogen-bond acceptors (Lipinski definition) is 1. The van der Waals surface area contributed by atoms with Crippen molar-refractivity contribution in [2.75, 3.05) is 5.75 Å². The fourth-order valence-electron chi connectivity index (χ4n) is 0.158. The van der Waals surface area contributed by atoms with Crippen LogP contribution in [0.5, 0.6) is 0 Å². The molecule has 0 rings (SSSR count). The van der Waals surface area contributed by atoms with Crippen LogP contribution in [0.4, 0.5) is 0 Å². The zero-order chi connectivity index (χ0) is 4.12. The molecular formula is C4H10CuS. The Kier molecular flexibility index (Phi) is 15.5. The van der Waals surface area contributed by atoms with Gasteiger partial charge in [0.2, 0.25) is 0 Å². The minimum absolute atomic E-state index is 0. The first-order valence-corrected chi connectivity index (χ1v) is 2.66. The van der Waals surface area contributed by atoms with E-state index in [-0.39, 0.29) is 17.1 Å². The maximum atomic E-state index is 4.00. The average Bonchev–Trinajstić information content (AvgIpc) is 1.41. The summed E-state index contributed by atoms with van der Waals surface area (Å²) in [4.78, 5) is 0. The van der Waals surface area contributed by atoms with E-state index in [1.807, 2.05) is 0 Å². The van der Waals surface area contributed by atoms with Gasteiger partial charge < -0.3 is 0 Å². The third-order valence-corrected chi connectivity index (χ3v) is 0.828. The maximum Gasteiger partial charge on any atom is 0 e. The van der Waals surface area contributed by atoms with Crippen LogP contribution in [0.1, 0.15) is 19.8 Å². The van der Waals surface area contributed by atoms with Gasteiger partial charge in [0.25, 0.3) is 0 Å². The van der Waals surface area contributed by atoms with E-state index in [0.717, 1.165) is 5.75 Å². The van der Waals surface area contributed by atoms with Crippen molar-refractivity contribution in [3.63, 3.8) is 0 Å². The van der Waals surface area contributed by atoms with Crippen LogP contribution in [0.3, 0.4) is 0 Å². The fraction of sp³-hybridized carbons (Fsp3) is 1.00. The van der Waals surface area contributed by atoms with Crippen LogP contribution in [0.15, 0.2) is 0 Å². The second-order valence-corrected chi connectivity index (χ2v) is 1.52. The fourth-order valence-corrected chi connectivity index (χ4v) is 0.474. The van der Waals surface area contributed by atoms with E-state index in [1.165, 1.54) is 12.8 Å². The van der Waals surface area contributed by atoms with Gasteiger partial charge in [-0.25, -0.2) is 0 Å². The molecule has 0 heterocycles. The summed E-state index contributed by atoms with van der Waals surface area (Å²) in [6.45, 7) is 2.16. The van der Waals surface area contributed by atoms with E-state index in [0.29, 0.717) is 0 Å². The molecule has 0 aliphatic carbocycles. The van der Waals surface area contributed by atoms with Gasteiger partial charge in [-0.2, -0.15) is 12.6 Å². The van der Waals surface area contributed by atoms with Gasteiger partial charge in [-0.15, -0.1) is 0 Å². The Balaban J connectivity index is 0. The van der Waals surface area contributed by atoms with Gasteiger partial charge in [-0.05, 0) is 12.2 Å². The van der Waals surface area contributed by atoms with Gasteiger partial charge in [0.1, 0.15) is 0 Å². The van der Waals surface area contributed by atoms with Crippen molar-refractivity contribution in [2.24, 2.45) is 0 Å². The normalized spacial score (nSPS) is 7.00. The molecule has 1 radical (unpaired) electrons. The molecule has 0 aliphatic rings. The van der Waals surface area contributed by atoms with Crippen LogP contribution in [0, 0.1) is 0 Å². The van der Waals surface area contributed by atoms with E-state index in [9.17, 15) is 0 Å². The molecule has 0 atom stereocenters. The second kappa shape index (κ2) is 9.30. The standard InChI is InChI=1S/C4H10S.Cu/c1-2-3-4-5;/h5H,2-4H2,1H3;. The van der Waals surface area contributed by atoms with Crippen molar-refractivity contribution < 1.29 is 17.1 Å². The first-order chi connectivity index (χ1) is 2.41. The largest absolute Gasteiger partial charge is 0.179 e. The zero-order valence-corrected chi connectivity index (χ0v) is 5.71. The van der Waals surface area contributed by atoms with Crippen LogP contribution >= 0.6 is 12.6 Å². The van der Waals surface area contributed by atoms with E-state index in [4.69, 9.17) is 0 Å². The SMILES string of the molecule is CCCCS.[Cu]. The summed E-state index contributed by atoms with van der Waals surface area (Å²) in [5.74, 6) is 1.04. The molecule has 0 aromatic carbocycles. The minimum atomic E-state index is 0. The molecule has 43 valence electrons. The summed E-state index contributed by atoms with van der Waals surface area (Å²) in [6.07, 6.45) is 2.52. The first kappa shape index (κ1) is 9.98. The molecular weight excluding hydrogens is 144 g/mol. The Morgan fingerprint density at radius 2 is 2.00 bits per heavy atom. The van der Waals surface area contributed by atoms with Crippen molar-refractivity contribution in [3.05, 3.63) is 0 Å². The van der Waals surface area contributed by atoms with Crippen LogP contribution in [0.25, 0.3) is 0 Å². The Morgan fingerprint density at radius 3 is 2.00 bits per heavy atom. The third-order valence-electron chi connectivity index (χ3n) is 0.512. The Morgan fingerprint density at radius 1 is 1.50 bits per heavy atom. The average molecular weight is 154 g/mol. The van der Waals surface area contributed by atoms with Gasteiger partial charge in [0.15, 0.2) is 0 Å². The Labute approximate surface area is 55.6 Å². The number of thiol groups is 1. The predicted molar refractivity (Wildman–Crippen MR) is 28.8 cm³/mol. The molecule has 0 saturated carbocycles. The number of rotatable bonds is 2. The van der Waals surface area contributed by atoms with Crippen LogP contribution in [-0.2, 0) is 17.1 Å². The summed E-state index contributed by atoms with van der Waals surface area (Å²) < 4.78 is 0. The topological polar surface area (TPSA) is 0 Å². The van der Waals surface area contributed by atoms with Crippen molar-refractivity contribution in [1.82, 2.24) is 0 Å². The van der Waals surface area contributed by atoms with E-state index < -0.39 is 0 Å². The summed E-state index contributed by atoms with van der Waals surface area (Å²) >= 11 is 4.00. The summed E-state index contributed by atoms with van der Waals surface area (Å²) in [5.41, 5.74) is 0. The monoisotopic (exact) mass is 153 g/mol. The van der Waals surface area contributed by atoms with Gasteiger partial charge in [-0.3, -0.25) is 0 Å². The molecule has 2 heteroatoms. The van der Waals surface area contributed by atoms with Gasteiger partial charge >= 0.3 is 0 Å². The third kappa shape index (κ3) is 8.85. The number of hydrogen-bond donors (Lipinski definition) is 1. The van der Waals surface area contributed by atoms with Crippen LogP contribution in [0.2, 0.25) is 0 Å². The molecule has 0 bridgehead atoms. The van der Waals surface area contributed by atoms with Gasteiger partial charge in [0, 0.05) is 17.1 Å². The Hall–Kier alpha value is 0.869. The maximum absolute atomic E-state index is 4.00. The molecule has 0 spiro atoms. The minimum Gasteiger partial charge on any atom is -0.179 e. The van der Waals surface area contributed by atoms with Gasteiger partial charge in [-0.1, -0.05) is 13.3 Å². The summed E-state index contributed by atoms with van der Waals surface area (Å²) in [6, 6.07) is 0. The van der Waals surface area contributed by atoms with E-state index >= 15 is 0 Å². The molecule has 0 aromatic rings. The molecule has 0 aromatic heterocycles. The van der Waals surface area contributed by atoms with Crippen molar-refractivity contribution in [1.29, 1.82) is 0 Å². The molecule has 0 nitrogen and oxygen atoms in total. The number of unbranched alkanes of at least 4 members (excludes halogenated alkanes) is 1. The molecule has 0 aliphatic heterocycles. The molecule has 0 fully saturated rings. The second-order valence-electron chi connectivity index (χ2n) is 1.08. The molecule has 0 N–H and O–H groups in total. The quantitative estimate of drug-likeness (QED) is 0.454. The first-order valence-electron chi connectivity index (χ1n) is 2.02. The molecule has 0 amide bonds. The van der Waals surface area contributed by atoms with E-state index in [1.54, 1.807) is 0 Å².